The Morgan fingerprint density at radius 3 is 2.30 bits per heavy atom. The zero-order valence-corrected chi connectivity index (χ0v) is 7.55. The van der Waals surface area contributed by atoms with E-state index >= 15 is 0 Å². The molecule has 0 aliphatic heterocycles. The van der Waals surface area contributed by atoms with Crippen molar-refractivity contribution in [1.82, 2.24) is 0 Å². The Bertz CT molecular complexity index is 117. The van der Waals surface area contributed by atoms with Gasteiger partial charge in [-0.2, -0.15) is 8.78 Å². The second-order valence-electron chi connectivity index (χ2n) is 2.12. The van der Waals surface area contributed by atoms with Gasteiger partial charge in [0.15, 0.2) is 0 Å². The molecule has 3 heteroatoms. The van der Waals surface area contributed by atoms with Gasteiger partial charge in [-0.05, 0) is 28.8 Å². The number of allylic oxidation sites excluding steroid dienone is 1. The minimum absolute atomic E-state index is 0.0564. The van der Waals surface area contributed by atoms with Crippen LogP contribution in [0.1, 0.15) is 32.6 Å². The first-order valence-corrected chi connectivity index (χ1v) is 4.17. The van der Waals surface area contributed by atoms with Crippen LogP contribution >= 0.6 is 15.9 Å². The number of halogens is 3. The van der Waals surface area contributed by atoms with E-state index in [0.29, 0.717) is 6.42 Å². The van der Waals surface area contributed by atoms with Crippen LogP contribution in [0, 0.1) is 0 Å². The predicted octanol–water partition coefficient (Wildman–Crippen LogP) is 4.07. The molecule has 0 aromatic heterocycles. The van der Waals surface area contributed by atoms with Crippen LogP contribution in [0.15, 0.2) is 10.6 Å². The fraction of sp³-hybridized carbons (Fsp3) is 0.714. The zero-order valence-electron chi connectivity index (χ0n) is 5.96. The maximum absolute atomic E-state index is 11.7. The standard InChI is InChI=1S/C7H11BrF2/c1-2-3-4-5-6(8)7(9)10/h2-5H2,1H3. The van der Waals surface area contributed by atoms with Gasteiger partial charge in [0.2, 0.25) is 0 Å². The number of rotatable bonds is 4. The number of unbranched alkanes of at least 4 members (excludes halogenated alkanes) is 2. The summed E-state index contributed by atoms with van der Waals surface area (Å²) in [5.41, 5.74) is 0. The molecular weight excluding hydrogens is 202 g/mol. The van der Waals surface area contributed by atoms with E-state index < -0.39 is 6.08 Å². The summed E-state index contributed by atoms with van der Waals surface area (Å²) in [4.78, 5) is 0. The summed E-state index contributed by atoms with van der Waals surface area (Å²) in [6.07, 6.45) is 1.80. The molecule has 0 fully saturated rings. The van der Waals surface area contributed by atoms with E-state index in [1.54, 1.807) is 0 Å². The minimum Gasteiger partial charge on any atom is -0.172 e. The molecule has 0 unspecified atom stereocenters. The Morgan fingerprint density at radius 1 is 1.30 bits per heavy atom. The first-order chi connectivity index (χ1) is 4.68. The summed E-state index contributed by atoms with van der Waals surface area (Å²) in [6.45, 7) is 2.05. The summed E-state index contributed by atoms with van der Waals surface area (Å²) in [7, 11) is 0. The molecule has 0 aliphatic rings. The molecule has 0 spiro atoms. The van der Waals surface area contributed by atoms with Crippen molar-refractivity contribution in [3.63, 3.8) is 0 Å². The van der Waals surface area contributed by atoms with Gasteiger partial charge in [0.05, 0.1) is 4.48 Å². The molecule has 0 nitrogen and oxygen atoms in total. The third-order valence-corrected chi connectivity index (χ3v) is 1.90. The molecule has 0 amide bonds. The molecule has 0 radical (unpaired) electrons. The third-order valence-electron chi connectivity index (χ3n) is 1.20. The van der Waals surface area contributed by atoms with Gasteiger partial charge in [-0.25, -0.2) is 0 Å². The molecule has 60 valence electrons. The Labute approximate surface area is 68.4 Å². The third kappa shape index (κ3) is 4.91. The lowest BCUT2D eigenvalue weighted by molar-refractivity contribution is 0.414. The lowest BCUT2D eigenvalue weighted by Crippen LogP contribution is -1.76. The Hall–Kier alpha value is 0.0800. The van der Waals surface area contributed by atoms with Gasteiger partial charge in [0, 0.05) is 0 Å². The first kappa shape index (κ1) is 10.1. The van der Waals surface area contributed by atoms with Gasteiger partial charge >= 0.3 is 0 Å². The van der Waals surface area contributed by atoms with E-state index in [2.05, 4.69) is 15.9 Å². The van der Waals surface area contributed by atoms with E-state index in [1.165, 1.54) is 0 Å². The molecule has 0 rings (SSSR count). The Balaban J connectivity index is 3.40. The van der Waals surface area contributed by atoms with Gasteiger partial charge < -0.3 is 0 Å². The fourth-order valence-corrected chi connectivity index (χ4v) is 0.905. The van der Waals surface area contributed by atoms with Gasteiger partial charge in [-0.3, -0.25) is 0 Å². The van der Waals surface area contributed by atoms with Crippen LogP contribution in [-0.2, 0) is 0 Å². The number of hydrogen-bond donors (Lipinski definition) is 0. The van der Waals surface area contributed by atoms with Crippen molar-refractivity contribution < 1.29 is 8.78 Å². The second kappa shape index (κ2) is 5.83. The van der Waals surface area contributed by atoms with E-state index in [0.717, 1.165) is 19.3 Å². The quantitative estimate of drug-likeness (QED) is 0.617. The smallest absolute Gasteiger partial charge is 0.172 e. The van der Waals surface area contributed by atoms with E-state index in [9.17, 15) is 8.78 Å². The molecule has 0 aliphatic carbocycles. The highest BCUT2D eigenvalue weighted by atomic mass is 79.9. The lowest BCUT2D eigenvalue weighted by Gasteiger charge is -1.95. The molecular formula is C7H11BrF2. The Morgan fingerprint density at radius 2 is 1.90 bits per heavy atom. The Kier molecular flexibility index (Phi) is 5.88. The van der Waals surface area contributed by atoms with Gasteiger partial charge in [0.25, 0.3) is 6.08 Å². The molecule has 0 saturated heterocycles. The predicted molar refractivity (Wildman–Crippen MR) is 42.3 cm³/mol. The lowest BCUT2D eigenvalue weighted by atomic mass is 10.2. The van der Waals surface area contributed by atoms with Crippen molar-refractivity contribution in [2.24, 2.45) is 0 Å². The molecule has 10 heavy (non-hydrogen) atoms. The topological polar surface area (TPSA) is 0 Å². The molecule has 0 bridgehead atoms. The molecule has 0 heterocycles. The second-order valence-corrected chi connectivity index (χ2v) is 3.08. The molecule has 0 saturated carbocycles. The van der Waals surface area contributed by atoms with Crippen LogP contribution in [0.4, 0.5) is 8.78 Å². The molecule has 0 atom stereocenters. The van der Waals surface area contributed by atoms with Crippen LogP contribution in [0.25, 0.3) is 0 Å². The van der Waals surface area contributed by atoms with Crippen LogP contribution in [0.5, 0.6) is 0 Å². The van der Waals surface area contributed by atoms with Crippen LogP contribution in [0.3, 0.4) is 0 Å². The van der Waals surface area contributed by atoms with Crippen molar-refractivity contribution in [2.45, 2.75) is 32.6 Å². The summed E-state index contributed by atoms with van der Waals surface area (Å²) in [5, 5.41) is 0. The molecule has 0 N–H and O–H groups in total. The van der Waals surface area contributed by atoms with Crippen molar-refractivity contribution in [1.29, 1.82) is 0 Å². The minimum atomic E-state index is -1.59. The summed E-state index contributed by atoms with van der Waals surface area (Å²) >= 11 is 2.80. The fourth-order valence-electron chi connectivity index (χ4n) is 0.625. The maximum atomic E-state index is 11.7. The summed E-state index contributed by atoms with van der Waals surface area (Å²) < 4.78 is 23.4. The van der Waals surface area contributed by atoms with Crippen LogP contribution in [0.2, 0.25) is 0 Å². The molecule has 0 aromatic rings. The zero-order chi connectivity index (χ0) is 7.98. The van der Waals surface area contributed by atoms with Crippen LogP contribution in [-0.4, -0.2) is 0 Å². The van der Waals surface area contributed by atoms with E-state index in [-0.39, 0.29) is 4.48 Å². The first-order valence-electron chi connectivity index (χ1n) is 3.38. The van der Waals surface area contributed by atoms with Gasteiger partial charge in [-0.15, -0.1) is 0 Å². The summed E-state index contributed by atoms with van der Waals surface area (Å²) in [5.74, 6) is 0. The van der Waals surface area contributed by atoms with Gasteiger partial charge in [0.1, 0.15) is 0 Å². The van der Waals surface area contributed by atoms with Crippen molar-refractivity contribution in [3.8, 4) is 0 Å². The van der Waals surface area contributed by atoms with Crippen molar-refractivity contribution in [3.05, 3.63) is 10.6 Å². The highest BCUT2D eigenvalue weighted by Gasteiger charge is 1.99. The number of hydrogen-bond acceptors (Lipinski definition) is 0. The highest BCUT2D eigenvalue weighted by molar-refractivity contribution is 9.11. The average molecular weight is 213 g/mol. The molecule has 0 aromatic carbocycles. The van der Waals surface area contributed by atoms with E-state index in [1.807, 2.05) is 6.92 Å². The summed E-state index contributed by atoms with van der Waals surface area (Å²) in [6, 6.07) is 0. The van der Waals surface area contributed by atoms with E-state index in [4.69, 9.17) is 0 Å². The largest absolute Gasteiger partial charge is 0.280 e. The van der Waals surface area contributed by atoms with Gasteiger partial charge in [-0.1, -0.05) is 19.8 Å². The van der Waals surface area contributed by atoms with Crippen LogP contribution < -0.4 is 0 Å². The average Bonchev–Trinajstić information content (AvgIpc) is 1.88. The maximum Gasteiger partial charge on any atom is 0.280 e. The van der Waals surface area contributed by atoms with Crippen molar-refractivity contribution >= 4 is 15.9 Å². The van der Waals surface area contributed by atoms with Crippen molar-refractivity contribution in [2.75, 3.05) is 0 Å². The monoisotopic (exact) mass is 212 g/mol. The normalized spacial score (nSPS) is 9.60. The highest BCUT2D eigenvalue weighted by Crippen LogP contribution is 2.20. The SMILES string of the molecule is CCCCCC(Br)=C(F)F.